The van der Waals surface area contributed by atoms with Gasteiger partial charge in [-0.25, -0.2) is 4.85 Å². The Bertz CT molecular complexity index is 2160. The van der Waals surface area contributed by atoms with Gasteiger partial charge >= 0.3 is 0 Å². The Balaban J connectivity index is 1.60. The maximum atomic E-state index is 10.2. The SMILES string of the molecule is [C-]#[N+]c1ccc2c(c1)c1cc(C#N)ccc1n2-c1c(C#N)cccc1-c1ccc2oc3ccccc3c2c1. The number of aromatic nitrogens is 1. The van der Waals surface area contributed by atoms with Gasteiger partial charge in [-0.15, -0.1) is 0 Å². The van der Waals surface area contributed by atoms with Crippen molar-refractivity contribution in [3.05, 3.63) is 120 Å². The molecule has 0 saturated heterocycles. The molecule has 0 spiro atoms. The second kappa shape index (κ2) is 8.10. The van der Waals surface area contributed by atoms with Gasteiger partial charge in [-0.05, 0) is 65.5 Å². The van der Waals surface area contributed by atoms with Crippen LogP contribution in [0, 0.1) is 29.2 Å². The van der Waals surface area contributed by atoms with Crippen molar-refractivity contribution in [3.63, 3.8) is 0 Å². The quantitative estimate of drug-likeness (QED) is 0.231. The van der Waals surface area contributed by atoms with E-state index in [9.17, 15) is 10.5 Å². The Morgan fingerprint density at radius 1 is 0.684 bits per heavy atom. The van der Waals surface area contributed by atoms with Crippen LogP contribution in [-0.4, -0.2) is 4.57 Å². The second-order valence-electron chi connectivity index (χ2n) is 9.12. The highest BCUT2D eigenvalue weighted by Gasteiger charge is 2.20. The molecule has 7 aromatic rings. The van der Waals surface area contributed by atoms with E-state index in [0.717, 1.165) is 60.6 Å². The van der Waals surface area contributed by atoms with Crippen LogP contribution in [0.25, 0.3) is 65.4 Å². The summed E-state index contributed by atoms with van der Waals surface area (Å²) in [6.45, 7) is 7.51. The summed E-state index contributed by atoms with van der Waals surface area (Å²) in [5, 5.41) is 23.5. The lowest BCUT2D eigenvalue weighted by Crippen LogP contribution is -2.00. The van der Waals surface area contributed by atoms with Gasteiger partial charge in [-0.3, -0.25) is 0 Å². The van der Waals surface area contributed by atoms with Gasteiger partial charge in [-0.2, -0.15) is 10.5 Å². The molecule has 0 N–H and O–H groups in total. The van der Waals surface area contributed by atoms with E-state index >= 15 is 0 Å². The van der Waals surface area contributed by atoms with E-state index in [2.05, 4.69) is 27.6 Å². The minimum atomic E-state index is 0.519. The summed E-state index contributed by atoms with van der Waals surface area (Å²) in [6, 6.07) is 35.5. The minimum Gasteiger partial charge on any atom is -0.456 e. The first kappa shape index (κ1) is 21.5. The van der Waals surface area contributed by atoms with E-state index in [4.69, 9.17) is 11.0 Å². The minimum absolute atomic E-state index is 0.519. The van der Waals surface area contributed by atoms with Gasteiger partial charge in [0.1, 0.15) is 17.2 Å². The monoisotopic (exact) mass is 484 g/mol. The number of hydrogen-bond acceptors (Lipinski definition) is 3. The van der Waals surface area contributed by atoms with Crippen molar-refractivity contribution in [3.8, 4) is 29.0 Å². The first-order valence-electron chi connectivity index (χ1n) is 12.0. The van der Waals surface area contributed by atoms with E-state index in [1.54, 1.807) is 12.1 Å². The van der Waals surface area contributed by atoms with Gasteiger partial charge in [0.2, 0.25) is 0 Å². The molecule has 38 heavy (non-hydrogen) atoms. The Morgan fingerprint density at radius 2 is 1.47 bits per heavy atom. The Kier molecular flexibility index (Phi) is 4.57. The van der Waals surface area contributed by atoms with Crippen LogP contribution in [0.3, 0.4) is 0 Å². The molecule has 0 aliphatic heterocycles. The van der Waals surface area contributed by atoms with Crippen LogP contribution in [0.15, 0.2) is 101 Å². The normalized spacial score (nSPS) is 11.1. The molecule has 2 aromatic heterocycles. The highest BCUT2D eigenvalue weighted by Crippen LogP contribution is 2.40. The van der Waals surface area contributed by atoms with Crippen LogP contribution in [-0.2, 0) is 0 Å². The lowest BCUT2D eigenvalue weighted by molar-refractivity contribution is 0.669. The number of rotatable bonds is 2. The van der Waals surface area contributed by atoms with Crippen LogP contribution < -0.4 is 0 Å². The number of furan rings is 1. The predicted molar refractivity (Wildman–Crippen MR) is 149 cm³/mol. The fourth-order valence-electron chi connectivity index (χ4n) is 5.39. The number of fused-ring (bicyclic) bond motifs is 6. The average molecular weight is 485 g/mol. The molecule has 5 aromatic carbocycles. The van der Waals surface area contributed by atoms with Gasteiger partial charge in [0.05, 0.1) is 40.5 Å². The molecule has 5 heteroatoms. The van der Waals surface area contributed by atoms with Crippen molar-refractivity contribution >= 4 is 49.4 Å². The summed E-state index contributed by atoms with van der Waals surface area (Å²) in [5.74, 6) is 0. The average Bonchev–Trinajstić information content (AvgIpc) is 3.50. The fourth-order valence-corrected chi connectivity index (χ4v) is 5.39. The molecule has 0 aliphatic rings. The largest absolute Gasteiger partial charge is 0.456 e. The number of nitrogens with zero attached hydrogens (tertiary/aromatic N) is 4. The lowest BCUT2D eigenvalue weighted by atomic mass is 9.98. The van der Waals surface area contributed by atoms with Gasteiger partial charge in [-0.1, -0.05) is 42.5 Å². The van der Waals surface area contributed by atoms with Gasteiger partial charge < -0.3 is 8.98 Å². The third kappa shape index (κ3) is 3.02. The topological polar surface area (TPSA) is 70.0 Å². The fraction of sp³-hybridized carbons (Fsp3) is 0. The first-order valence-corrected chi connectivity index (χ1v) is 12.0. The molecule has 5 nitrogen and oxygen atoms in total. The number of hydrogen-bond donors (Lipinski definition) is 0. The van der Waals surface area contributed by atoms with Crippen molar-refractivity contribution in [2.24, 2.45) is 0 Å². The zero-order chi connectivity index (χ0) is 25.8. The number of nitriles is 2. The van der Waals surface area contributed by atoms with Crippen molar-refractivity contribution in [2.45, 2.75) is 0 Å². The molecule has 0 fully saturated rings. The predicted octanol–water partition coefficient (Wildman–Crippen LogP) is 8.64. The van der Waals surface area contributed by atoms with Gasteiger partial charge in [0.15, 0.2) is 5.69 Å². The summed E-state index contributed by atoms with van der Waals surface area (Å²) >= 11 is 0. The third-order valence-electron chi connectivity index (χ3n) is 7.07. The smallest absolute Gasteiger partial charge is 0.188 e. The second-order valence-corrected chi connectivity index (χ2v) is 9.12. The molecular weight excluding hydrogens is 468 g/mol. The summed E-state index contributed by atoms with van der Waals surface area (Å²) in [6.07, 6.45) is 0. The van der Waals surface area contributed by atoms with Crippen LogP contribution in [0.2, 0.25) is 0 Å². The molecule has 0 saturated carbocycles. The summed E-state index contributed by atoms with van der Waals surface area (Å²) in [5.41, 5.74) is 7.55. The molecule has 0 radical (unpaired) electrons. The van der Waals surface area contributed by atoms with E-state index in [1.165, 1.54) is 0 Å². The van der Waals surface area contributed by atoms with Crippen LogP contribution >= 0.6 is 0 Å². The molecule has 0 atom stereocenters. The highest BCUT2D eigenvalue weighted by atomic mass is 16.3. The molecule has 2 heterocycles. The van der Waals surface area contributed by atoms with Gasteiger partial charge in [0, 0.05) is 21.7 Å². The summed E-state index contributed by atoms with van der Waals surface area (Å²) in [7, 11) is 0. The molecule has 0 bridgehead atoms. The van der Waals surface area contributed by atoms with Crippen molar-refractivity contribution < 1.29 is 4.42 Å². The van der Waals surface area contributed by atoms with E-state index in [0.29, 0.717) is 16.8 Å². The molecule has 0 amide bonds. The van der Waals surface area contributed by atoms with E-state index < -0.39 is 0 Å². The zero-order valence-corrected chi connectivity index (χ0v) is 19.9. The van der Waals surface area contributed by atoms with Crippen LogP contribution in [0.1, 0.15) is 11.1 Å². The van der Waals surface area contributed by atoms with Crippen LogP contribution in [0.4, 0.5) is 5.69 Å². The highest BCUT2D eigenvalue weighted by molar-refractivity contribution is 6.12. The third-order valence-corrected chi connectivity index (χ3v) is 7.07. The van der Waals surface area contributed by atoms with E-state index in [1.807, 2.05) is 78.9 Å². The Morgan fingerprint density at radius 3 is 2.29 bits per heavy atom. The number of para-hydroxylation sites is 2. The Labute approximate surface area is 217 Å². The summed E-state index contributed by atoms with van der Waals surface area (Å²) in [4.78, 5) is 3.61. The van der Waals surface area contributed by atoms with Crippen LogP contribution in [0.5, 0.6) is 0 Å². The maximum Gasteiger partial charge on any atom is 0.188 e. The zero-order valence-electron chi connectivity index (χ0n) is 19.9. The van der Waals surface area contributed by atoms with Gasteiger partial charge in [0.25, 0.3) is 0 Å². The molecule has 0 unspecified atom stereocenters. The van der Waals surface area contributed by atoms with Crippen molar-refractivity contribution in [2.75, 3.05) is 0 Å². The maximum absolute atomic E-state index is 10.2. The molecular formula is C33H16N4O. The standard InChI is InChI=1S/C33H16N4O/c1-36-23-11-13-30-27(17-23)26-15-20(18-34)9-12-29(26)37(30)33-22(19-35)5-4-7-24(33)21-10-14-32-28(16-21)25-6-2-3-8-31(25)38-32/h2-17H. The number of benzene rings is 5. The summed E-state index contributed by atoms with van der Waals surface area (Å²) < 4.78 is 8.12. The molecule has 174 valence electrons. The van der Waals surface area contributed by atoms with Crippen molar-refractivity contribution in [1.82, 2.24) is 4.57 Å². The lowest BCUT2D eigenvalue weighted by Gasteiger charge is -2.16. The van der Waals surface area contributed by atoms with Crippen molar-refractivity contribution in [1.29, 1.82) is 10.5 Å². The Hall–Kier alpha value is -5.83. The first-order chi connectivity index (χ1) is 18.7. The molecule has 0 aliphatic carbocycles. The van der Waals surface area contributed by atoms with E-state index in [-0.39, 0.29) is 0 Å². The molecule has 7 rings (SSSR count).